The highest BCUT2D eigenvalue weighted by Gasteiger charge is 2.14. The molecule has 2 rings (SSSR count). The molecule has 1 aromatic carbocycles. The Morgan fingerprint density at radius 3 is 2.59 bits per heavy atom. The van der Waals surface area contributed by atoms with Crippen LogP contribution < -0.4 is 5.73 Å². The number of anilines is 1. The van der Waals surface area contributed by atoms with Crippen molar-refractivity contribution in [2.24, 2.45) is 0 Å². The van der Waals surface area contributed by atoms with Gasteiger partial charge in [-0.15, -0.1) is 0 Å². The average molecular weight is 272 g/mol. The number of rotatable bonds is 2. The first-order valence-electron chi connectivity index (χ1n) is 4.68. The smallest absolute Gasteiger partial charge is 0.176 e. The van der Waals surface area contributed by atoms with Gasteiger partial charge in [0.05, 0.1) is 16.1 Å². The van der Waals surface area contributed by atoms with E-state index in [-0.39, 0.29) is 9.92 Å². The summed E-state index contributed by atoms with van der Waals surface area (Å²) in [4.78, 5) is 0.102. The van der Waals surface area contributed by atoms with E-state index in [0.29, 0.717) is 16.9 Å². The fourth-order valence-corrected chi connectivity index (χ4v) is 2.82. The zero-order valence-electron chi connectivity index (χ0n) is 8.94. The number of halogens is 1. The van der Waals surface area contributed by atoms with E-state index in [1.807, 2.05) is 0 Å². The molecule has 0 bridgehead atoms. The fourth-order valence-electron chi connectivity index (χ4n) is 1.50. The van der Waals surface area contributed by atoms with Gasteiger partial charge in [-0.2, -0.15) is 5.10 Å². The minimum atomic E-state index is -3.32. The summed E-state index contributed by atoms with van der Waals surface area (Å²) in [5.41, 5.74) is 7.07. The Balaban J connectivity index is 2.56. The van der Waals surface area contributed by atoms with Gasteiger partial charge in [-0.05, 0) is 17.7 Å². The number of hydrogen-bond donors (Lipinski definition) is 2. The molecule has 0 saturated carbocycles. The predicted molar refractivity (Wildman–Crippen MR) is 66.6 cm³/mol. The Bertz CT molecular complexity index is 664. The summed E-state index contributed by atoms with van der Waals surface area (Å²) in [6, 6.07) is 4.65. The maximum absolute atomic E-state index is 11.4. The van der Waals surface area contributed by atoms with Crippen LogP contribution in [0.15, 0.2) is 29.3 Å². The number of nitrogens with zero attached hydrogens (tertiary/aromatic N) is 1. The van der Waals surface area contributed by atoms with Crippen molar-refractivity contribution in [3.63, 3.8) is 0 Å². The molecular formula is C10H10ClN3O2S. The second-order valence-corrected chi connectivity index (χ2v) is 6.01. The third-order valence-corrected chi connectivity index (χ3v) is 3.89. The average Bonchev–Trinajstić information content (AvgIpc) is 2.62. The maximum atomic E-state index is 11.4. The van der Waals surface area contributed by atoms with Crippen LogP contribution in [0.4, 0.5) is 5.82 Å². The first-order chi connectivity index (χ1) is 7.89. The van der Waals surface area contributed by atoms with Crippen LogP contribution in [-0.4, -0.2) is 24.9 Å². The van der Waals surface area contributed by atoms with Crippen molar-refractivity contribution < 1.29 is 8.42 Å². The van der Waals surface area contributed by atoms with E-state index >= 15 is 0 Å². The lowest BCUT2D eigenvalue weighted by molar-refractivity contribution is 0.602. The van der Waals surface area contributed by atoms with Crippen LogP contribution in [-0.2, 0) is 9.84 Å². The van der Waals surface area contributed by atoms with Gasteiger partial charge in [0.25, 0.3) is 0 Å². The summed E-state index contributed by atoms with van der Waals surface area (Å²) in [5.74, 6) is 0.410. The molecular weight excluding hydrogens is 262 g/mol. The molecule has 0 amide bonds. The Morgan fingerprint density at radius 1 is 1.41 bits per heavy atom. The van der Waals surface area contributed by atoms with Crippen LogP contribution in [0.25, 0.3) is 11.1 Å². The third-order valence-electron chi connectivity index (χ3n) is 2.31. The van der Waals surface area contributed by atoms with Crippen LogP contribution >= 0.6 is 11.6 Å². The molecule has 7 heteroatoms. The molecule has 0 radical (unpaired) electrons. The Hall–Kier alpha value is -1.53. The van der Waals surface area contributed by atoms with Crippen molar-refractivity contribution in [1.29, 1.82) is 0 Å². The molecule has 90 valence electrons. The van der Waals surface area contributed by atoms with Crippen molar-refractivity contribution in [3.05, 3.63) is 29.4 Å². The number of nitrogens with two attached hydrogens (primary N) is 1. The monoisotopic (exact) mass is 271 g/mol. The highest BCUT2D eigenvalue weighted by atomic mass is 35.5. The Morgan fingerprint density at radius 2 is 2.12 bits per heavy atom. The lowest BCUT2D eigenvalue weighted by Gasteiger charge is -2.04. The molecule has 17 heavy (non-hydrogen) atoms. The first-order valence-corrected chi connectivity index (χ1v) is 6.95. The Labute approximate surface area is 104 Å². The van der Waals surface area contributed by atoms with Crippen molar-refractivity contribution >= 4 is 27.3 Å². The number of benzene rings is 1. The number of aromatic amines is 1. The third kappa shape index (κ3) is 2.27. The van der Waals surface area contributed by atoms with E-state index in [1.54, 1.807) is 18.3 Å². The number of aromatic nitrogens is 2. The first kappa shape index (κ1) is 11.9. The zero-order valence-corrected chi connectivity index (χ0v) is 10.5. The fraction of sp³-hybridized carbons (Fsp3) is 0.100. The lowest BCUT2D eigenvalue weighted by atomic mass is 10.1. The molecule has 3 N–H and O–H groups in total. The molecule has 0 saturated heterocycles. The minimum absolute atomic E-state index is 0.102. The van der Waals surface area contributed by atoms with Gasteiger partial charge in [0, 0.05) is 11.8 Å². The van der Waals surface area contributed by atoms with E-state index in [1.165, 1.54) is 6.07 Å². The van der Waals surface area contributed by atoms with E-state index in [0.717, 1.165) is 6.26 Å². The quantitative estimate of drug-likeness (QED) is 0.870. The molecule has 0 unspecified atom stereocenters. The van der Waals surface area contributed by atoms with Crippen LogP contribution in [0.2, 0.25) is 5.02 Å². The highest BCUT2D eigenvalue weighted by Crippen LogP contribution is 2.30. The molecule has 0 aliphatic heterocycles. The minimum Gasteiger partial charge on any atom is -0.384 e. The van der Waals surface area contributed by atoms with Gasteiger partial charge in [-0.1, -0.05) is 17.7 Å². The Kier molecular flexibility index (Phi) is 2.84. The largest absolute Gasteiger partial charge is 0.384 e. The second kappa shape index (κ2) is 4.05. The summed E-state index contributed by atoms with van der Waals surface area (Å²) < 4.78 is 22.8. The standard InChI is InChI=1S/C10H10ClN3O2S/c1-17(15,16)9-3-2-6(4-8(9)11)7-5-13-14-10(7)12/h2-5H,1H3,(H3,12,13,14). The number of nitrogens with one attached hydrogen (secondary N) is 1. The SMILES string of the molecule is CS(=O)(=O)c1ccc(-c2cn[nH]c2N)cc1Cl. The van der Waals surface area contributed by atoms with Gasteiger partial charge < -0.3 is 5.73 Å². The van der Waals surface area contributed by atoms with Crippen molar-refractivity contribution in [1.82, 2.24) is 10.2 Å². The topological polar surface area (TPSA) is 88.8 Å². The lowest BCUT2D eigenvalue weighted by Crippen LogP contribution is -1.98. The molecule has 1 heterocycles. The maximum Gasteiger partial charge on any atom is 0.176 e. The number of H-pyrrole nitrogens is 1. The van der Waals surface area contributed by atoms with E-state index in [9.17, 15) is 8.42 Å². The predicted octanol–water partition coefficient (Wildman–Crippen LogP) is 1.72. The van der Waals surface area contributed by atoms with Gasteiger partial charge in [0.1, 0.15) is 5.82 Å². The molecule has 5 nitrogen and oxygen atoms in total. The van der Waals surface area contributed by atoms with Crippen LogP contribution in [0.1, 0.15) is 0 Å². The molecule has 0 spiro atoms. The van der Waals surface area contributed by atoms with Crippen LogP contribution in [0, 0.1) is 0 Å². The zero-order chi connectivity index (χ0) is 12.6. The summed E-state index contributed by atoms with van der Waals surface area (Å²) in [6.07, 6.45) is 2.67. The van der Waals surface area contributed by atoms with Crippen LogP contribution in [0.3, 0.4) is 0 Å². The van der Waals surface area contributed by atoms with E-state index in [2.05, 4.69) is 10.2 Å². The molecule has 1 aromatic heterocycles. The molecule has 2 aromatic rings. The molecule has 0 aliphatic carbocycles. The van der Waals surface area contributed by atoms with Crippen molar-refractivity contribution in [2.45, 2.75) is 4.90 Å². The van der Waals surface area contributed by atoms with Gasteiger partial charge in [-0.3, -0.25) is 5.10 Å². The summed E-state index contributed by atoms with van der Waals surface area (Å²) in [5, 5.41) is 6.56. The number of hydrogen-bond acceptors (Lipinski definition) is 4. The summed E-state index contributed by atoms with van der Waals surface area (Å²) >= 11 is 5.93. The molecule has 0 aliphatic rings. The van der Waals surface area contributed by atoms with Crippen molar-refractivity contribution in [3.8, 4) is 11.1 Å². The molecule has 0 atom stereocenters. The van der Waals surface area contributed by atoms with E-state index < -0.39 is 9.84 Å². The van der Waals surface area contributed by atoms with Gasteiger partial charge in [-0.25, -0.2) is 8.42 Å². The number of sulfone groups is 1. The summed E-state index contributed by atoms with van der Waals surface area (Å²) in [7, 11) is -3.32. The van der Waals surface area contributed by atoms with Gasteiger partial charge in [0.2, 0.25) is 0 Å². The highest BCUT2D eigenvalue weighted by molar-refractivity contribution is 7.90. The van der Waals surface area contributed by atoms with Gasteiger partial charge >= 0.3 is 0 Å². The van der Waals surface area contributed by atoms with E-state index in [4.69, 9.17) is 17.3 Å². The van der Waals surface area contributed by atoms with Crippen molar-refractivity contribution in [2.75, 3.05) is 12.0 Å². The molecule has 0 fully saturated rings. The normalized spacial score (nSPS) is 11.6. The van der Waals surface area contributed by atoms with Gasteiger partial charge in [0.15, 0.2) is 9.84 Å². The summed E-state index contributed by atoms with van der Waals surface area (Å²) in [6.45, 7) is 0. The van der Waals surface area contributed by atoms with Crippen LogP contribution in [0.5, 0.6) is 0 Å². The second-order valence-electron chi connectivity index (χ2n) is 3.61. The number of nitrogen functional groups attached to an aromatic ring is 1.